The summed E-state index contributed by atoms with van der Waals surface area (Å²) in [6, 6.07) is 14.3. The molecule has 0 aliphatic carbocycles. The molecular weight excluding hydrogens is 327 g/mol. The number of Topliss-reactive ketones (excluding diaryl/α,β-unsaturated/α-hetero) is 1. The van der Waals surface area contributed by atoms with Crippen molar-refractivity contribution in [3.8, 4) is 0 Å². The predicted octanol–water partition coefficient (Wildman–Crippen LogP) is 5.10. The van der Waals surface area contributed by atoms with Gasteiger partial charge in [0.1, 0.15) is 0 Å². The number of rotatable bonds is 4. The first-order valence-electron chi connectivity index (χ1n) is 6.08. The fourth-order valence-corrected chi connectivity index (χ4v) is 2.41. The first-order chi connectivity index (χ1) is 10.0. The molecule has 0 aliphatic rings. The number of hydrogen-bond acceptors (Lipinski definition) is 4. The number of nitrogens with zero attached hydrogens (tertiary/aromatic N) is 1. The Labute approximate surface area is 137 Å². The van der Waals surface area contributed by atoms with Gasteiger partial charge in [-0.2, -0.15) is 5.10 Å². The van der Waals surface area contributed by atoms with E-state index in [4.69, 9.17) is 23.2 Å². The Bertz CT molecular complexity index is 654. The molecule has 0 heterocycles. The number of carbonyl (C=O) groups excluding carboxylic acids is 1. The van der Waals surface area contributed by atoms with Crippen LogP contribution in [-0.2, 0) is 4.79 Å². The van der Waals surface area contributed by atoms with Crippen LogP contribution in [-0.4, -0.2) is 10.8 Å². The van der Waals surface area contributed by atoms with E-state index >= 15 is 0 Å². The summed E-state index contributed by atoms with van der Waals surface area (Å²) in [4.78, 5) is 12.5. The number of hydrazone groups is 1. The molecule has 0 atom stereocenters. The van der Waals surface area contributed by atoms with E-state index in [0.717, 1.165) is 10.6 Å². The van der Waals surface area contributed by atoms with Crippen molar-refractivity contribution in [1.82, 2.24) is 0 Å². The van der Waals surface area contributed by atoms with Crippen LogP contribution in [0.5, 0.6) is 0 Å². The Kier molecular flexibility index (Phi) is 5.67. The first-order valence-corrected chi connectivity index (χ1v) is 7.65. The summed E-state index contributed by atoms with van der Waals surface area (Å²) in [5.74, 6) is -0.114. The highest BCUT2D eigenvalue weighted by Gasteiger charge is 2.08. The summed E-state index contributed by atoms with van der Waals surface area (Å²) in [5.41, 5.74) is 3.61. The Morgan fingerprint density at radius 2 is 1.52 bits per heavy atom. The van der Waals surface area contributed by atoms with Crippen molar-refractivity contribution in [2.75, 3.05) is 5.43 Å². The van der Waals surface area contributed by atoms with E-state index in [9.17, 15) is 4.79 Å². The number of ketones is 1. The summed E-state index contributed by atoms with van der Waals surface area (Å²) < 4.78 is 0. The average Bonchev–Trinajstić information content (AvgIpc) is 2.47. The molecule has 3 nitrogen and oxygen atoms in total. The number of thioether (sulfide) groups is 1. The van der Waals surface area contributed by atoms with Crippen molar-refractivity contribution in [2.24, 2.45) is 5.10 Å². The minimum atomic E-state index is -0.114. The largest absolute Gasteiger partial charge is 0.292 e. The van der Waals surface area contributed by atoms with Crippen molar-refractivity contribution in [2.45, 2.75) is 11.8 Å². The van der Waals surface area contributed by atoms with Gasteiger partial charge < -0.3 is 0 Å². The maximum Gasteiger partial charge on any atom is 0.186 e. The zero-order valence-electron chi connectivity index (χ0n) is 11.1. The van der Waals surface area contributed by atoms with Crippen molar-refractivity contribution in [3.05, 3.63) is 58.6 Å². The molecule has 0 aliphatic heterocycles. The average molecular weight is 339 g/mol. The second-order valence-electron chi connectivity index (χ2n) is 4.15. The van der Waals surface area contributed by atoms with E-state index in [2.05, 4.69) is 10.5 Å². The number of halogens is 2. The lowest BCUT2D eigenvalue weighted by atomic mass is 10.3. The molecule has 21 heavy (non-hydrogen) atoms. The highest BCUT2D eigenvalue weighted by Crippen LogP contribution is 2.22. The van der Waals surface area contributed by atoms with Gasteiger partial charge >= 0.3 is 0 Å². The van der Waals surface area contributed by atoms with Gasteiger partial charge in [-0.1, -0.05) is 35.0 Å². The molecule has 6 heteroatoms. The summed E-state index contributed by atoms with van der Waals surface area (Å²) in [7, 11) is 0. The van der Waals surface area contributed by atoms with Crippen molar-refractivity contribution in [1.29, 1.82) is 0 Å². The molecule has 0 saturated carbocycles. The normalized spacial score (nSPS) is 11.3. The molecular formula is C15H12Cl2N2OS. The molecule has 0 unspecified atom stereocenters. The minimum Gasteiger partial charge on any atom is -0.292 e. The Morgan fingerprint density at radius 1 is 1.00 bits per heavy atom. The van der Waals surface area contributed by atoms with Crippen LogP contribution in [0.2, 0.25) is 10.0 Å². The van der Waals surface area contributed by atoms with Crippen LogP contribution < -0.4 is 5.43 Å². The summed E-state index contributed by atoms with van der Waals surface area (Å²) in [6.07, 6.45) is 0. The standard InChI is InChI=1S/C15H12Cl2N2OS/c1-10(20)15(21-14-8-4-12(17)5-9-14)19-18-13-6-2-11(16)3-7-13/h2-9,18H,1H3. The summed E-state index contributed by atoms with van der Waals surface area (Å²) in [5, 5.41) is 5.81. The number of hydrogen-bond donors (Lipinski definition) is 1. The van der Waals surface area contributed by atoms with Gasteiger partial charge in [-0.15, -0.1) is 0 Å². The zero-order valence-corrected chi connectivity index (χ0v) is 13.5. The summed E-state index contributed by atoms with van der Waals surface area (Å²) in [6.45, 7) is 1.48. The number of nitrogens with one attached hydrogen (secondary N) is 1. The van der Waals surface area contributed by atoms with E-state index < -0.39 is 0 Å². The molecule has 0 amide bonds. The van der Waals surface area contributed by atoms with Gasteiger partial charge in [-0.05, 0) is 48.5 Å². The Hall–Kier alpha value is -1.49. The van der Waals surface area contributed by atoms with Gasteiger partial charge in [0.2, 0.25) is 0 Å². The molecule has 0 fully saturated rings. The molecule has 108 valence electrons. The van der Waals surface area contributed by atoms with E-state index in [0.29, 0.717) is 15.1 Å². The maximum absolute atomic E-state index is 11.7. The van der Waals surface area contributed by atoms with Gasteiger partial charge in [0, 0.05) is 21.9 Å². The van der Waals surface area contributed by atoms with Gasteiger partial charge in [0.25, 0.3) is 0 Å². The molecule has 0 spiro atoms. The third-order valence-corrected chi connectivity index (χ3v) is 4.04. The quantitative estimate of drug-likeness (QED) is 0.365. The topological polar surface area (TPSA) is 41.5 Å². The van der Waals surface area contributed by atoms with Gasteiger partial charge in [-0.3, -0.25) is 10.2 Å². The van der Waals surface area contributed by atoms with Crippen LogP contribution in [0.1, 0.15) is 6.92 Å². The van der Waals surface area contributed by atoms with Crippen molar-refractivity contribution >= 4 is 51.5 Å². The van der Waals surface area contributed by atoms with Gasteiger partial charge in [-0.25, -0.2) is 0 Å². The highest BCUT2D eigenvalue weighted by molar-refractivity contribution is 8.15. The molecule has 2 aromatic carbocycles. The molecule has 2 rings (SSSR count). The monoisotopic (exact) mass is 338 g/mol. The Balaban J connectivity index is 2.11. The lowest BCUT2D eigenvalue weighted by molar-refractivity contribution is -0.110. The minimum absolute atomic E-state index is 0.114. The van der Waals surface area contributed by atoms with Gasteiger partial charge in [0.15, 0.2) is 10.8 Å². The lowest BCUT2D eigenvalue weighted by Crippen LogP contribution is -2.08. The molecule has 0 radical (unpaired) electrons. The molecule has 0 saturated heterocycles. The third kappa shape index (κ3) is 5.08. The van der Waals surface area contributed by atoms with Crippen molar-refractivity contribution in [3.63, 3.8) is 0 Å². The van der Waals surface area contributed by atoms with E-state index in [1.54, 1.807) is 36.4 Å². The van der Waals surface area contributed by atoms with E-state index in [1.807, 2.05) is 12.1 Å². The lowest BCUT2D eigenvalue weighted by Gasteiger charge is -2.05. The van der Waals surface area contributed by atoms with Crippen molar-refractivity contribution < 1.29 is 4.79 Å². The zero-order chi connectivity index (χ0) is 15.2. The smallest absolute Gasteiger partial charge is 0.186 e. The SMILES string of the molecule is CC(=O)C(=NNc1ccc(Cl)cc1)Sc1ccc(Cl)cc1. The second kappa shape index (κ2) is 7.50. The molecule has 0 bridgehead atoms. The van der Waals surface area contributed by atoms with Crippen LogP contribution in [0.4, 0.5) is 5.69 Å². The first kappa shape index (κ1) is 15.9. The van der Waals surface area contributed by atoms with Crippen LogP contribution in [0.3, 0.4) is 0 Å². The fraction of sp³-hybridized carbons (Fsp3) is 0.0667. The van der Waals surface area contributed by atoms with Crippen LogP contribution in [0, 0.1) is 0 Å². The summed E-state index contributed by atoms with van der Waals surface area (Å²) >= 11 is 12.9. The van der Waals surface area contributed by atoms with Crippen LogP contribution >= 0.6 is 35.0 Å². The number of benzene rings is 2. The van der Waals surface area contributed by atoms with Gasteiger partial charge in [0.05, 0.1) is 5.69 Å². The maximum atomic E-state index is 11.7. The second-order valence-corrected chi connectivity index (χ2v) is 6.08. The predicted molar refractivity (Wildman–Crippen MR) is 90.5 cm³/mol. The van der Waals surface area contributed by atoms with Crippen LogP contribution in [0.25, 0.3) is 0 Å². The molecule has 0 aromatic heterocycles. The highest BCUT2D eigenvalue weighted by atomic mass is 35.5. The molecule has 2 aromatic rings. The Morgan fingerprint density at radius 3 is 2.05 bits per heavy atom. The van der Waals surface area contributed by atoms with E-state index in [1.165, 1.54) is 18.7 Å². The number of anilines is 1. The van der Waals surface area contributed by atoms with Crippen LogP contribution in [0.15, 0.2) is 58.5 Å². The van der Waals surface area contributed by atoms with E-state index in [-0.39, 0.29) is 5.78 Å². The fourth-order valence-electron chi connectivity index (χ4n) is 1.43. The molecule has 1 N–H and O–H groups in total. The third-order valence-electron chi connectivity index (χ3n) is 2.46. The number of carbonyl (C=O) groups is 1.